The van der Waals surface area contributed by atoms with E-state index in [0.717, 1.165) is 11.1 Å². The van der Waals surface area contributed by atoms with Gasteiger partial charge in [-0.3, -0.25) is 0 Å². The molecule has 152 valence electrons. The SMILES string of the molecule is Cc1ccc(S(=O)(=O)O[C@@H]2CC(C)[C@H](C)C(COCc3ccccc3)O2)cc1. The third-order valence-electron chi connectivity index (χ3n) is 5.31. The molecule has 4 atom stereocenters. The molecule has 0 N–H and O–H groups in total. The van der Waals surface area contributed by atoms with Crippen molar-refractivity contribution in [2.24, 2.45) is 11.8 Å². The minimum absolute atomic E-state index is 0.143. The van der Waals surface area contributed by atoms with Crippen molar-refractivity contribution in [2.45, 2.75) is 51.1 Å². The van der Waals surface area contributed by atoms with E-state index < -0.39 is 16.4 Å². The van der Waals surface area contributed by atoms with E-state index in [0.29, 0.717) is 19.6 Å². The van der Waals surface area contributed by atoms with E-state index in [4.69, 9.17) is 13.7 Å². The zero-order chi connectivity index (χ0) is 20.1. The Labute approximate surface area is 167 Å². The highest BCUT2D eigenvalue weighted by Gasteiger charge is 2.36. The summed E-state index contributed by atoms with van der Waals surface area (Å²) < 4.78 is 42.3. The second-order valence-corrected chi connectivity index (χ2v) is 9.11. The quantitative estimate of drug-likeness (QED) is 0.644. The molecule has 1 saturated heterocycles. The lowest BCUT2D eigenvalue weighted by Crippen LogP contribution is -2.43. The summed E-state index contributed by atoms with van der Waals surface area (Å²) in [6.45, 7) is 6.99. The van der Waals surface area contributed by atoms with Crippen LogP contribution in [0.25, 0.3) is 0 Å². The molecule has 2 aromatic carbocycles. The smallest absolute Gasteiger partial charge is 0.299 e. The number of benzene rings is 2. The van der Waals surface area contributed by atoms with E-state index in [1.165, 1.54) is 0 Å². The minimum Gasteiger partial charge on any atom is -0.374 e. The van der Waals surface area contributed by atoms with Crippen molar-refractivity contribution in [3.63, 3.8) is 0 Å². The average molecular weight is 405 g/mol. The molecule has 0 radical (unpaired) electrons. The van der Waals surface area contributed by atoms with E-state index in [1.54, 1.807) is 24.3 Å². The highest BCUT2D eigenvalue weighted by atomic mass is 32.2. The fourth-order valence-corrected chi connectivity index (χ4v) is 4.27. The van der Waals surface area contributed by atoms with Gasteiger partial charge in [0.25, 0.3) is 10.1 Å². The van der Waals surface area contributed by atoms with Crippen LogP contribution in [0.4, 0.5) is 0 Å². The first-order valence-corrected chi connectivity index (χ1v) is 11.0. The van der Waals surface area contributed by atoms with Crippen LogP contribution < -0.4 is 0 Å². The fourth-order valence-electron chi connectivity index (χ4n) is 3.28. The highest BCUT2D eigenvalue weighted by Crippen LogP contribution is 2.32. The van der Waals surface area contributed by atoms with Crippen LogP contribution >= 0.6 is 0 Å². The lowest BCUT2D eigenvalue weighted by atomic mass is 9.86. The van der Waals surface area contributed by atoms with Crippen LogP contribution in [0.5, 0.6) is 0 Å². The number of hydrogen-bond acceptors (Lipinski definition) is 5. The third-order valence-corrected chi connectivity index (χ3v) is 6.63. The second kappa shape index (κ2) is 9.18. The lowest BCUT2D eigenvalue weighted by Gasteiger charge is -2.38. The molecule has 0 aliphatic carbocycles. The van der Waals surface area contributed by atoms with Crippen molar-refractivity contribution in [3.05, 3.63) is 65.7 Å². The van der Waals surface area contributed by atoms with Gasteiger partial charge in [0.15, 0.2) is 6.29 Å². The lowest BCUT2D eigenvalue weighted by molar-refractivity contribution is -0.196. The minimum atomic E-state index is -3.87. The molecule has 2 unspecified atom stereocenters. The summed E-state index contributed by atoms with van der Waals surface area (Å²) in [6.07, 6.45) is -0.491. The fraction of sp³-hybridized carbons (Fsp3) is 0.455. The molecular formula is C22H28O5S. The average Bonchev–Trinajstić information content (AvgIpc) is 2.66. The molecule has 1 fully saturated rings. The molecule has 0 saturated carbocycles. The molecule has 6 heteroatoms. The number of ether oxygens (including phenoxy) is 2. The summed E-state index contributed by atoms with van der Waals surface area (Å²) in [7, 11) is -3.87. The van der Waals surface area contributed by atoms with Crippen molar-refractivity contribution < 1.29 is 22.1 Å². The van der Waals surface area contributed by atoms with E-state index in [1.807, 2.05) is 37.3 Å². The molecule has 1 aliphatic rings. The van der Waals surface area contributed by atoms with Crippen LogP contribution in [0.15, 0.2) is 59.5 Å². The first kappa shape index (κ1) is 21.0. The van der Waals surface area contributed by atoms with E-state index in [-0.39, 0.29) is 22.8 Å². The third kappa shape index (κ3) is 5.41. The van der Waals surface area contributed by atoms with Gasteiger partial charge in [-0.1, -0.05) is 61.9 Å². The molecule has 1 aliphatic heterocycles. The Bertz CT molecular complexity index is 848. The molecule has 1 heterocycles. The molecule has 0 amide bonds. The maximum absolute atomic E-state index is 12.6. The predicted molar refractivity (Wildman–Crippen MR) is 107 cm³/mol. The zero-order valence-corrected chi connectivity index (χ0v) is 17.4. The number of rotatable bonds is 7. The Morgan fingerprint density at radius 2 is 1.71 bits per heavy atom. The summed E-state index contributed by atoms with van der Waals surface area (Å²) in [6, 6.07) is 16.5. The summed E-state index contributed by atoms with van der Waals surface area (Å²) in [4.78, 5) is 0.143. The van der Waals surface area contributed by atoms with Crippen LogP contribution in [0.2, 0.25) is 0 Å². The first-order valence-electron chi connectivity index (χ1n) is 9.62. The Morgan fingerprint density at radius 1 is 1.04 bits per heavy atom. The van der Waals surface area contributed by atoms with Crippen LogP contribution in [-0.4, -0.2) is 27.4 Å². The van der Waals surface area contributed by atoms with Gasteiger partial charge in [-0.25, -0.2) is 4.18 Å². The Balaban J connectivity index is 1.60. The van der Waals surface area contributed by atoms with Gasteiger partial charge in [0.2, 0.25) is 0 Å². The normalized spacial score (nSPS) is 25.5. The number of hydrogen-bond donors (Lipinski definition) is 0. The van der Waals surface area contributed by atoms with Crippen molar-refractivity contribution in [1.29, 1.82) is 0 Å². The Hall–Kier alpha value is -1.73. The number of aryl methyl sites for hydroxylation is 1. The van der Waals surface area contributed by atoms with Crippen LogP contribution in [0.1, 0.15) is 31.4 Å². The van der Waals surface area contributed by atoms with E-state index >= 15 is 0 Å². The first-order chi connectivity index (χ1) is 13.3. The maximum atomic E-state index is 12.6. The topological polar surface area (TPSA) is 61.8 Å². The van der Waals surface area contributed by atoms with Gasteiger partial charge in [0, 0.05) is 6.42 Å². The van der Waals surface area contributed by atoms with Crippen molar-refractivity contribution in [1.82, 2.24) is 0 Å². The zero-order valence-electron chi connectivity index (χ0n) is 16.6. The molecule has 5 nitrogen and oxygen atoms in total. The molecule has 2 aromatic rings. The predicted octanol–water partition coefficient (Wildman–Crippen LogP) is 4.30. The highest BCUT2D eigenvalue weighted by molar-refractivity contribution is 7.86. The van der Waals surface area contributed by atoms with Crippen LogP contribution in [0, 0.1) is 18.8 Å². The summed E-state index contributed by atoms with van der Waals surface area (Å²) >= 11 is 0. The van der Waals surface area contributed by atoms with Crippen molar-refractivity contribution in [3.8, 4) is 0 Å². The maximum Gasteiger partial charge on any atom is 0.299 e. The van der Waals surface area contributed by atoms with Gasteiger partial charge >= 0.3 is 0 Å². The molecule has 0 aromatic heterocycles. The van der Waals surface area contributed by atoms with E-state index in [9.17, 15) is 8.42 Å². The van der Waals surface area contributed by atoms with Gasteiger partial charge in [-0.2, -0.15) is 8.42 Å². The molecule has 0 spiro atoms. The van der Waals surface area contributed by atoms with Crippen molar-refractivity contribution in [2.75, 3.05) is 6.61 Å². The van der Waals surface area contributed by atoms with Gasteiger partial charge in [0.05, 0.1) is 24.2 Å². The van der Waals surface area contributed by atoms with Crippen molar-refractivity contribution >= 4 is 10.1 Å². The van der Waals surface area contributed by atoms with Crippen LogP contribution in [0.3, 0.4) is 0 Å². The monoisotopic (exact) mass is 404 g/mol. The van der Waals surface area contributed by atoms with Crippen LogP contribution in [-0.2, 0) is 30.4 Å². The molecule has 3 rings (SSSR count). The van der Waals surface area contributed by atoms with Gasteiger partial charge < -0.3 is 9.47 Å². The van der Waals surface area contributed by atoms with Gasteiger partial charge in [-0.15, -0.1) is 0 Å². The van der Waals surface area contributed by atoms with E-state index in [2.05, 4.69) is 13.8 Å². The summed E-state index contributed by atoms with van der Waals surface area (Å²) in [5.41, 5.74) is 2.08. The standard InChI is InChI=1S/C22H28O5S/c1-16-9-11-20(12-10-16)28(23,24)27-22-13-17(2)18(3)21(26-22)15-25-14-19-7-5-4-6-8-19/h4-12,17-18,21-22H,13-15H2,1-3H3/t17?,18-,21?,22+/m0/s1. The van der Waals surface area contributed by atoms with Gasteiger partial charge in [-0.05, 0) is 36.5 Å². The molecular weight excluding hydrogens is 376 g/mol. The summed E-state index contributed by atoms with van der Waals surface area (Å²) in [5, 5.41) is 0. The molecule has 28 heavy (non-hydrogen) atoms. The summed E-state index contributed by atoms with van der Waals surface area (Å²) in [5.74, 6) is 0.509. The second-order valence-electron chi connectivity index (χ2n) is 7.54. The molecule has 0 bridgehead atoms. The largest absolute Gasteiger partial charge is 0.374 e. The Kier molecular flexibility index (Phi) is 6.88. The Morgan fingerprint density at radius 3 is 2.39 bits per heavy atom. The van der Waals surface area contributed by atoms with Gasteiger partial charge in [0.1, 0.15) is 0 Å².